The highest BCUT2D eigenvalue weighted by molar-refractivity contribution is 7.71. The summed E-state index contributed by atoms with van der Waals surface area (Å²) in [7, 11) is 1.45. The van der Waals surface area contributed by atoms with Crippen LogP contribution in [0, 0.1) is 4.77 Å². The zero-order chi connectivity index (χ0) is 10.9. The van der Waals surface area contributed by atoms with Crippen molar-refractivity contribution in [2.45, 2.75) is 6.42 Å². The number of rotatable bonds is 2. The average molecular weight is 215 g/mol. The van der Waals surface area contributed by atoms with Gasteiger partial charge in [0.25, 0.3) is 5.56 Å². The molecule has 1 aromatic heterocycles. The summed E-state index contributed by atoms with van der Waals surface area (Å²) >= 11 is 4.78. The lowest BCUT2D eigenvalue weighted by Gasteiger charge is -2.05. The van der Waals surface area contributed by atoms with Crippen LogP contribution < -0.4 is 11.3 Å². The molecule has 0 aromatic carbocycles. The van der Waals surface area contributed by atoms with Gasteiger partial charge in [0, 0.05) is 7.05 Å². The predicted molar refractivity (Wildman–Crippen MR) is 52.6 cm³/mol. The number of hydrogen-bond acceptors (Lipinski definition) is 4. The first kappa shape index (κ1) is 10.5. The third-order valence-corrected chi connectivity index (χ3v) is 2.14. The molecule has 76 valence electrons. The molecule has 1 aromatic rings. The van der Waals surface area contributed by atoms with E-state index in [4.69, 9.17) is 23.1 Å². The molecule has 0 aliphatic rings. The fourth-order valence-electron chi connectivity index (χ4n) is 1.01. The zero-order valence-corrected chi connectivity index (χ0v) is 8.22. The fraction of sp³-hybridized carbons (Fsp3) is 0.286. The largest absolute Gasteiger partial charge is 0.481 e. The standard InChI is InChI=1S/C7H9N3O3S/c1-10-6(13)3(2-4(11)12)5(8)9-7(10)14/h2,8H2,1H3,(H,9,14)(H,11,12). The predicted octanol–water partition coefficient (Wildman–Crippen LogP) is -0.348. The average Bonchev–Trinajstić information content (AvgIpc) is 2.09. The number of carboxylic acids is 1. The summed E-state index contributed by atoms with van der Waals surface area (Å²) in [5, 5.41) is 8.53. The molecule has 0 spiro atoms. The van der Waals surface area contributed by atoms with Gasteiger partial charge in [-0.1, -0.05) is 0 Å². The number of nitrogens with zero attached hydrogens (tertiary/aromatic N) is 1. The molecule has 0 aliphatic carbocycles. The van der Waals surface area contributed by atoms with Crippen LogP contribution in [-0.2, 0) is 18.3 Å². The van der Waals surface area contributed by atoms with Gasteiger partial charge in [-0.2, -0.15) is 0 Å². The quantitative estimate of drug-likeness (QED) is 0.585. The van der Waals surface area contributed by atoms with Crippen molar-refractivity contribution in [3.8, 4) is 0 Å². The van der Waals surface area contributed by atoms with Gasteiger partial charge in [-0.05, 0) is 12.2 Å². The van der Waals surface area contributed by atoms with Crippen LogP contribution in [0.3, 0.4) is 0 Å². The number of H-pyrrole nitrogens is 1. The molecule has 0 unspecified atom stereocenters. The summed E-state index contributed by atoms with van der Waals surface area (Å²) in [6.45, 7) is 0. The van der Waals surface area contributed by atoms with Gasteiger partial charge >= 0.3 is 5.97 Å². The maximum absolute atomic E-state index is 11.5. The minimum atomic E-state index is -1.11. The Labute approximate surface area is 84.0 Å². The molecular weight excluding hydrogens is 206 g/mol. The molecule has 6 nitrogen and oxygen atoms in total. The van der Waals surface area contributed by atoms with Crippen LogP contribution >= 0.6 is 12.2 Å². The van der Waals surface area contributed by atoms with Gasteiger partial charge in [-0.25, -0.2) is 0 Å². The number of aliphatic carboxylic acids is 1. The van der Waals surface area contributed by atoms with Crippen molar-refractivity contribution >= 4 is 24.0 Å². The molecule has 0 fully saturated rings. The van der Waals surface area contributed by atoms with Crippen LogP contribution in [0.2, 0.25) is 0 Å². The second-order valence-corrected chi connectivity index (χ2v) is 3.14. The highest BCUT2D eigenvalue weighted by atomic mass is 32.1. The molecule has 1 rings (SSSR count). The van der Waals surface area contributed by atoms with Crippen molar-refractivity contribution in [1.29, 1.82) is 0 Å². The van der Waals surface area contributed by atoms with E-state index >= 15 is 0 Å². The summed E-state index contributed by atoms with van der Waals surface area (Å²) in [4.78, 5) is 24.5. The molecule has 0 radical (unpaired) electrons. The molecular formula is C7H9N3O3S. The van der Waals surface area contributed by atoms with E-state index in [9.17, 15) is 9.59 Å². The topological polar surface area (TPSA) is 101 Å². The van der Waals surface area contributed by atoms with Crippen LogP contribution in [0.15, 0.2) is 4.79 Å². The molecule has 0 atom stereocenters. The number of aromatic amines is 1. The monoisotopic (exact) mass is 215 g/mol. The number of nitrogens with two attached hydrogens (primary N) is 1. The van der Waals surface area contributed by atoms with Crippen LogP contribution in [0.25, 0.3) is 0 Å². The van der Waals surface area contributed by atoms with E-state index in [0.717, 1.165) is 4.57 Å². The molecule has 0 saturated carbocycles. The summed E-state index contributed by atoms with van der Waals surface area (Å²) in [6, 6.07) is 0. The van der Waals surface area contributed by atoms with E-state index in [1.807, 2.05) is 0 Å². The van der Waals surface area contributed by atoms with Gasteiger partial charge in [0.05, 0.1) is 12.0 Å². The number of nitrogens with one attached hydrogen (secondary N) is 1. The van der Waals surface area contributed by atoms with Gasteiger partial charge in [-0.15, -0.1) is 0 Å². The Morgan fingerprint density at radius 3 is 2.79 bits per heavy atom. The van der Waals surface area contributed by atoms with Crippen molar-refractivity contribution in [1.82, 2.24) is 9.55 Å². The van der Waals surface area contributed by atoms with E-state index < -0.39 is 17.9 Å². The second-order valence-electron chi connectivity index (χ2n) is 2.76. The number of hydrogen-bond donors (Lipinski definition) is 3. The van der Waals surface area contributed by atoms with Gasteiger partial charge in [0.2, 0.25) is 0 Å². The van der Waals surface area contributed by atoms with E-state index in [0.29, 0.717) is 0 Å². The maximum Gasteiger partial charge on any atom is 0.308 e. The first-order valence-corrected chi connectivity index (χ1v) is 4.13. The Hall–Kier alpha value is -1.63. The SMILES string of the molecule is Cn1c(=S)[nH]c(N)c(CC(=O)O)c1=O. The first-order valence-electron chi connectivity index (χ1n) is 3.73. The number of aromatic nitrogens is 2. The fourth-order valence-corrected chi connectivity index (χ4v) is 1.20. The van der Waals surface area contributed by atoms with Crippen LogP contribution in [-0.4, -0.2) is 20.6 Å². The van der Waals surface area contributed by atoms with Crippen molar-refractivity contribution in [3.05, 3.63) is 20.7 Å². The Morgan fingerprint density at radius 1 is 1.71 bits per heavy atom. The lowest BCUT2D eigenvalue weighted by Crippen LogP contribution is -2.26. The lowest BCUT2D eigenvalue weighted by atomic mass is 10.2. The molecule has 7 heteroatoms. The number of nitrogen functional groups attached to an aromatic ring is 1. The Morgan fingerprint density at radius 2 is 2.29 bits per heavy atom. The number of carbonyl (C=O) groups is 1. The summed E-state index contributed by atoms with van der Waals surface area (Å²) < 4.78 is 1.31. The molecule has 0 amide bonds. The van der Waals surface area contributed by atoms with E-state index in [-0.39, 0.29) is 16.2 Å². The van der Waals surface area contributed by atoms with E-state index in [1.54, 1.807) is 0 Å². The van der Waals surface area contributed by atoms with Gasteiger partial charge in [0.1, 0.15) is 5.82 Å². The van der Waals surface area contributed by atoms with Crippen LogP contribution in [0.5, 0.6) is 0 Å². The molecule has 4 N–H and O–H groups in total. The normalized spacial score (nSPS) is 10.1. The maximum atomic E-state index is 11.5. The molecule has 0 aliphatic heterocycles. The minimum absolute atomic E-state index is 0.0144. The third kappa shape index (κ3) is 1.82. The highest BCUT2D eigenvalue weighted by Gasteiger charge is 2.11. The highest BCUT2D eigenvalue weighted by Crippen LogP contribution is 2.02. The van der Waals surface area contributed by atoms with Crippen molar-refractivity contribution in [3.63, 3.8) is 0 Å². The summed E-state index contributed by atoms with van der Waals surface area (Å²) in [5.74, 6) is -1.10. The van der Waals surface area contributed by atoms with Gasteiger partial charge in [0.15, 0.2) is 4.77 Å². The van der Waals surface area contributed by atoms with Crippen molar-refractivity contribution in [2.24, 2.45) is 7.05 Å². The summed E-state index contributed by atoms with van der Waals surface area (Å²) in [6.07, 6.45) is -0.412. The number of carboxylic acid groups (broad SMARTS) is 1. The number of anilines is 1. The van der Waals surface area contributed by atoms with E-state index in [2.05, 4.69) is 4.98 Å². The van der Waals surface area contributed by atoms with Gasteiger partial charge in [-0.3, -0.25) is 14.2 Å². The molecule has 1 heterocycles. The third-order valence-electron chi connectivity index (χ3n) is 1.76. The Kier molecular flexibility index (Phi) is 2.70. The van der Waals surface area contributed by atoms with Crippen molar-refractivity contribution in [2.75, 3.05) is 5.73 Å². The Balaban J connectivity index is 3.44. The minimum Gasteiger partial charge on any atom is -0.481 e. The summed E-state index contributed by atoms with van der Waals surface area (Å²) in [5.41, 5.74) is 4.98. The lowest BCUT2D eigenvalue weighted by molar-refractivity contribution is -0.136. The van der Waals surface area contributed by atoms with E-state index in [1.165, 1.54) is 7.05 Å². The molecule has 0 bridgehead atoms. The van der Waals surface area contributed by atoms with Gasteiger partial charge < -0.3 is 15.8 Å². The molecule has 0 saturated heterocycles. The Bertz CT molecular complexity index is 488. The smallest absolute Gasteiger partial charge is 0.308 e. The van der Waals surface area contributed by atoms with Crippen molar-refractivity contribution < 1.29 is 9.90 Å². The first-order chi connectivity index (χ1) is 6.43. The second kappa shape index (κ2) is 3.62. The van der Waals surface area contributed by atoms with Crippen LogP contribution in [0.4, 0.5) is 5.82 Å². The zero-order valence-electron chi connectivity index (χ0n) is 7.40. The molecule has 14 heavy (non-hydrogen) atoms. The van der Waals surface area contributed by atoms with Crippen LogP contribution in [0.1, 0.15) is 5.56 Å².